The number of para-hydroxylation sites is 2. The van der Waals surface area contributed by atoms with E-state index in [1.165, 1.54) is 20.3 Å². The van der Waals surface area contributed by atoms with Crippen LogP contribution < -0.4 is 10.2 Å². The van der Waals surface area contributed by atoms with Gasteiger partial charge in [-0.05, 0) is 84.1 Å². The summed E-state index contributed by atoms with van der Waals surface area (Å²) in [6.45, 7) is 7.21. The van der Waals surface area contributed by atoms with Crippen LogP contribution in [0.4, 0.5) is 17.1 Å². The van der Waals surface area contributed by atoms with Gasteiger partial charge in [-0.15, -0.1) is 0 Å². The van der Waals surface area contributed by atoms with E-state index in [4.69, 9.17) is 0 Å². The second-order valence-corrected chi connectivity index (χ2v) is 9.36. The lowest BCUT2D eigenvalue weighted by Crippen LogP contribution is -2.36. The van der Waals surface area contributed by atoms with Crippen LogP contribution >= 0.6 is 22.6 Å². The monoisotopic (exact) mass is 550 g/mol. The molecule has 0 aliphatic carbocycles. The van der Waals surface area contributed by atoms with Gasteiger partial charge in [0, 0.05) is 58.4 Å². The average molecular weight is 550 g/mol. The van der Waals surface area contributed by atoms with E-state index in [9.17, 15) is 0 Å². The first kappa shape index (κ1) is 23.5. The number of halogens is 1. The van der Waals surface area contributed by atoms with Crippen LogP contribution in [-0.4, -0.2) is 42.6 Å². The van der Waals surface area contributed by atoms with Gasteiger partial charge in [-0.1, -0.05) is 43.3 Å². The third-order valence-electron chi connectivity index (χ3n) is 5.76. The van der Waals surface area contributed by atoms with Crippen molar-refractivity contribution in [3.63, 3.8) is 0 Å². The first-order chi connectivity index (χ1) is 16.2. The Hall–Kier alpha value is -2.64. The molecule has 0 saturated carbocycles. The van der Waals surface area contributed by atoms with Crippen molar-refractivity contribution >= 4 is 50.6 Å². The maximum atomic E-state index is 4.52. The first-order valence-corrected chi connectivity index (χ1v) is 12.7. The maximum Gasteiger partial charge on any atom is 0.0733 e. The largest absolute Gasteiger partial charge is 0.383 e. The number of benzene rings is 3. The predicted molar refractivity (Wildman–Crippen MR) is 150 cm³/mol. The molecule has 0 radical (unpaired) electrons. The molecule has 33 heavy (non-hydrogen) atoms. The van der Waals surface area contributed by atoms with Gasteiger partial charge in [-0.3, -0.25) is 9.88 Å². The van der Waals surface area contributed by atoms with Crippen LogP contribution in [0.1, 0.15) is 13.3 Å². The Kier molecular flexibility index (Phi) is 8.55. The van der Waals surface area contributed by atoms with Crippen molar-refractivity contribution in [3.8, 4) is 0 Å². The molecular weight excluding hydrogens is 519 g/mol. The molecule has 5 heteroatoms. The average Bonchev–Trinajstić information content (AvgIpc) is 2.85. The minimum Gasteiger partial charge on any atom is -0.383 e. The molecular formula is C28H31IN4. The van der Waals surface area contributed by atoms with Crippen molar-refractivity contribution in [1.29, 1.82) is 0 Å². The highest BCUT2D eigenvalue weighted by atomic mass is 127. The van der Waals surface area contributed by atoms with Crippen molar-refractivity contribution in [1.82, 2.24) is 9.88 Å². The Balaban J connectivity index is 1.40. The smallest absolute Gasteiger partial charge is 0.0733 e. The summed E-state index contributed by atoms with van der Waals surface area (Å²) in [5, 5.41) is 4.83. The summed E-state index contributed by atoms with van der Waals surface area (Å²) in [7, 11) is 0. The van der Waals surface area contributed by atoms with Crippen LogP contribution in [0, 0.1) is 3.57 Å². The van der Waals surface area contributed by atoms with Crippen LogP contribution in [0.15, 0.2) is 91.1 Å². The highest BCUT2D eigenvalue weighted by Crippen LogP contribution is 2.25. The number of aromatic nitrogens is 1. The van der Waals surface area contributed by atoms with Gasteiger partial charge in [0.05, 0.1) is 5.52 Å². The molecule has 0 saturated heterocycles. The van der Waals surface area contributed by atoms with Gasteiger partial charge in [0.2, 0.25) is 0 Å². The summed E-state index contributed by atoms with van der Waals surface area (Å²) < 4.78 is 1.21. The molecule has 0 fully saturated rings. The SMILES string of the molecule is CCCN(CCNc1ccnc2cc(I)ccc12)CCN(c1ccccc1)c1ccccc1. The summed E-state index contributed by atoms with van der Waals surface area (Å²) in [6, 6.07) is 29.9. The quantitative estimate of drug-likeness (QED) is 0.208. The molecule has 4 rings (SSSR count). The molecule has 3 aromatic carbocycles. The Morgan fingerprint density at radius 2 is 1.48 bits per heavy atom. The fourth-order valence-corrected chi connectivity index (χ4v) is 4.62. The number of hydrogen-bond acceptors (Lipinski definition) is 4. The van der Waals surface area contributed by atoms with E-state index in [-0.39, 0.29) is 0 Å². The number of rotatable bonds is 11. The number of nitrogens with zero attached hydrogens (tertiary/aromatic N) is 3. The van der Waals surface area contributed by atoms with E-state index in [2.05, 4.69) is 135 Å². The van der Waals surface area contributed by atoms with Crippen molar-refractivity contribution < 1.29 is 0 Å². The van der Waals surface area contributed by atoms with Gasteiger partial charge >= 0.3 is 0 Å². The standard InChI is InChI=1S/C28H31IN4/c1-2-18-32(19-17-31-27-15-16-30-28-22-23(29)13-14-26(27)28)20-21-33(24-9-5-3-6-10-24)25-11-7-4-8-12-25/h3-16,22H,2,17-21H2,1H3,(H,30,31). The lowest BCUT2D eigenvalue weighted by atomic mass is 10.2. The lowest BCUT2D eigenvalue weighted by Gasteiger charge is -2.29. The molecule has 0 amide bonds. The van der Waals surface area contributed by atoms with E-state index < -0.39 is 0 Å². The fraction of sp³-hybridized carbons (Fsp3) is 0.250. The molecule has 0 aliphatic rings. The van der Waals surface area contributed by atoms with Gasteiger partial charge in [0.25, 0.3) is 0 Å². The summed E-state index contributed by atoms with van der Waals surface area (Å²) >= 11 is 2.34. The topological polar surface area (TPSA) is 31.4 Å². The van der Waals surface area contributed by atoms with Crippen LogP contribution in [0.3, 0.4) is 0 Å². The molecule has 4 nitrogen and oxygen atoms in total. The normalized spacial score (nSPS) is 11.1. The first-order valence-electron chi connectivity index (χ1n) is 11.6. The third-order valence-corrected chi connectivity index (χ3v) is 6.43. The molecule has 4 aromatic rings. The summed E-state index contributed by atoms with van der Waals surface area (Å²) in [6.07, 6.45) is 3.04. The predicted octanol–water partition coefficient (Wildman–Crippen LogP) is 6.80. The van der Waals surface area contributed by atoms with E-state index in [1.54, 1.807) is 0 Å². The maximum absolute atomic E-state index is 4.52. The van der Waals surface area contributed by atoms with Gasteiger partial charge in [0.15, 0.2) is 0 Å². The van der Waals surface area contributed by atoms with Crippen LogP contribution in [-0.2, 0) is 0 Å². The molecule has 0 aliphatic heterocycles. The summed E-state index contributed by atoms with van der Waals surface area (Å²) in [4.78, 5) is 9.49. The van der Waals surface area contributed by atoms with Crippen LogP contribution in [0.25, 0.3) is 10.9 Å². The second-order valence-electron chi connectivity index (χ2n) is 8.11. The van der Waals surface area contributed by atoms with E-state index in [0.29, 0.717) is 0 Å². The summed E-state index contributed by atoms with van der Waals surface area (Å²) in [5.74, 6) is 0. The molecule has 0 atom stereocenters. The molecule has 1 aromatic heterocycles. The van der Waals surface area contributed by atoms with Crippen LogP contribution in [0.2, 0.25) is 0 Å². The molecule has 0 unspecified atom stereocenters. The Morgan fingerprint density at radius 3 is 2.15 bits per heavy atom. The van der Waals surface area contributed by atoms with Crippen molar-refractivity contribution in [2.45, 2.75) is 13.3 Å². The zero-order chi connectivity index (χ0) is 22.9. The molecule has 170 valence electrons. The number of nitrogens with one attached hydrogen (secondary N) is 1. The van der Waals surface area contributed by atoms with E-state index in [0.717, 1.165) is 50.3 Å². The Morgan fingerprint density at radius 1 is 0.788 bits per heavy atom. The zero-order valence-electron chi connectivity index (χ0n) is 19.1. The minimum absolute atomic E-state index is 0.905. The number of pyridine rings is 1. The summed E-state index contributed by atoms with van der Waals surface area (Å²) in [5.41, 5.74) is 4.66. The number of fused-ring (bicyclic) bond motifs is 1. The molecule has 0 bridgehead atoms. The van der Waals surface area contributed by atoms with Gasteiger partial charge < -0.3 is 10.2 Å². The minimum atomic E-state index is 0.905. The second kappa shape index (κ2) is 12.0. The lowest BCUT2D eigenvalue weighted by molar-refractivity contribution is 0.292. The van der Waals surface area contributed by atoms with Gasteiger partial charge in [0.1, 0.15) is 0 Å². The molecule has 1 N–H and O–H groups in total. The molecule has 1 heterocycles. The highest BCUT2D eigenvalue weighted by Gasteiger charge is 2.12. The third kappa shape index (κ3) is 6.45. The number of hydrogen-bond donors (Lipinski definition) is 1. The van der Waals surface area contributed by atoms with E-state index >= 15 is 0 Å². The van der Waals surface area contributed by atoms with E-state index in [1.807, 2.05) is 6.20 Å². The number of anilines is 3. The van der Waals surface area contributed by atoms with Crippen LogP contribution in [0.5, 0.6) is 0 Å². The van der Waals surface area contributed by atoms with Crippen molar-refractivity contribution in [2.75, 3.05) is 42.9 Å². The molecule has 0 spiro atoms. The van der Waals surface area contributed by atoms with Crippen molar-refractivity contribution in [3.05, 3.63) is 94.7 Å². The van der Waals surface area contributed by atoms with Gasteiger partial charge in [-0.25, -0.2) is 0 Å². The van der Waals surface area contributed by atoms with Gasteiger partial charge in [-0.2, -0.15) is 0 Å². The highest BCUT2D eigenvalue weighted by molar-refractivity contribution is 14.1. The Labute approximate surface area is 210 Å². The van der Waals surface area contributed by atoms with Crippen molar-refractivity contribution in [2.24, 2.45) is 0 Å². The zero-order valence-corrected chi connectivity index (χ0v) is 21.3. The Bertz CT molecular complexity index is 1090. The fourth-order valence-electron chi connectivity index (χ4n) is 4.14.